The molecule has 1 saturated heterocycles. The van der Waals surface area contributed by atoms with Crippen LogP contribution in [0.3, 0.4) is 0 Å². The lowest BCUT2D eigenvalue weighted by Crippen LogP contribution is -2.40. The first kappa shape index (κ1) is 27.3. The van der Waals surface area contributed by atoms with Gasteiger partial charge in [0.1, 0.15) is 24.7 Å². The van der Waals surface area contributed by atoms with Crippen molar-refractivity contribution in [2.75, 3.05) is 66.4 Å². The van der Waals surface area contributed by atoms with Crippen LogP contribution in [0.25, 0.3) is 0 Å². The molecule has 0 unspecified atom stereocenters. The SMILES string of the molecule is COCCOCCOCC(=O)N1CCC(c2nc(C(=O)NCCOc3ccccc3Cl)cs2)CC1. The fourth-order valence-electron chi connectivity index (χ4n) is 3.55. The van der Waals surface area contributed by atoms with Gasteiger partial charge >= 0.3 is 0 Å². The Balaban J connectivity index is 1.32. The number of nitrogens with zero attached hydrogens (tertiary/aromatic N) is 2. The molecule has 1 aliphatic heterocycles. The number of likely N-dealkylation sites (tertiary alicyclic amines) is 1. The van der Waals surface area contributed by atoms with Gasteiger partial charge in [-0.05, 0) is 25.0 Å². The molecule has 3 rings (SSSR count). The molecule has 0 spiro atoms. The zero-order valence-corrected chi connectivity index (χ0v) is 21.4. The quantitative estimate of drug-likeness (QED) is 0.378. The molecular weight excluding hydrogens is 494 g/mol. The fraction of sp³-hybridized carbons (Fsp3) is 0.542. The van der Waals surface area contributed by atoms with Crippen molar-refractivity contribution in [3.63, 3.8) is 0 Å². The Bertz CT molecular complexity index is 935. The molecule has 0 saturated carbocycles. The lowest BCUT2D eigenvalue weighted by atomic mass is 9.97. The van der Waals surface area contributed by atoms with Gasteiger partial charge in [0, 0.05) is 31.5 Å². The van der Waals surface area contributed by atoms with Gasteiger partial charge in [-0.15, -0.1) is 11.3 Å². The summed E-state index contributed by atoms with van der Waals surface area (Å²) >= 11 is 7.54. The van der Waals surface area contributed by atoms with E-state index < -0.39 is 0 Å². The Morgan fingerprint density at radius 3 is 2.63 bits per heavy atom. The maximum Gasteiger partial charge on any atom is 0.270 e. The fourth-order valence-corrected chi connectivity index (χ4v) is 4.71. The van der Waals surface area contributed by atoms with Crippen molar-refractivity contribution in [3.8, 4) is 5.75 Å². The minimum absolute atomic E-state index is 0.0152. The smallest absolute Gasteiger partial charge is 0.270 e. The van der Waals surface area contributed by atoms with Gasteiger partial charge in [0.05, 0.1) is 43.0 Å². The first-order valence-corrected chi connectivity index (χ1v) is 12.9. The molecule has 1 fully saturated rings. The highest BCUT2D eigenvalue weighted by atomic mass is 35.5. The molecule has 1 aromatic heterocycles. The molecule has 0 aliphatic carbocycles. The number of ether oxygens (including phenoxy) is 4. The summed E-state index contributed by atoms with van der Waals surface area (Å²) in [5.41, 5.74) is 0.405. The van der Waals surface area contributed by atoms with Crippen LogP contribution < -0.4 is 10.1 Å². The van der Waals surface area contributed by atoms with E-state index in [1.54, 1.807) is 24.6 Å². The highest BCUT2D eigenvalue weighted by Gasteiger charge is 2.26. The minimum Gasteiger partial charge on any atom is -0.490 e. The number of nitrogens with one attached hydrogen (secondary N) is 1. The predicted octanol–water partition coefficient (Wildman–Crippen LogP) is 2.99. The second-order valence-corrected chi connectivity index (χ2v) is 9.22. The number of halogens is 1. The Labute approximate surface area is 214 Å². The van der Waals surface area contributed by atoms with Crippen molar-refractivity contribution in [1.29, 1.82) is 0 Å². The summed E-state index contributed by atoms with van der Waals surface area (Å²) in [5.74, 6) is 0.580. The Morgan fingerprint density at radius 1 is 1.11 bits per heavy atom. The van der Waals surface area contributed by atoms with Crippen LogP contribution in [0.5, 0.6) is 5.75 Å². The molecule has 2 heterocycles. The highest BCUT2D eigenvalue weighted by Crippen LogP contribution is 2.30. The number of carbonyl (C=O) groups excluding carboxylic acids is 2. The standard InChI is InChI=1S/C24H32ClN3O6S/c1-31-12-13-32-14-15-33-16-22(29)28-9-6-18(7-10-28)24-27-20(17-35-24)23(30)26-8-11-34-21-5-3-2-4-19(21)25/h2-5,17-18H,6-16H2,1H3,(H,26,30). The number of hydrogen-bond donors (Lipinski definition) is 1. The van der Waals surface area contributed by atoms with Crippen LogP contribution in [0.1, 0.15) is 34.3 Å². The van der Waals surface area contributed by atoms with E-state index >= 15 is 0 Å². The van der Waals surface area contributed by atoms with Crippen molar-refractivity contribution in [2.45, 2.75) is 18.8 Å². The van der Waals surface area contributed by atoms with Gasteiger partial charge in [-0.25, -0.2) is 4.98 Å². The summed E-state index contributed by atoms with van der Waals surface area (Å²) in [6, 6.07) is 7.20. The Hall–Kier alpha value is -2.24. The van der Waals surface area contributed by atoms with Crippen molar-refractivity contribution in [1.82, 2.24) is 15.2 Å². The van der Waals surface area contributed by atoms with Gasteiger partial charge in [0.15, 0.2) is 0 Å². The Kier molecular flexibility index (Phi) is 11.7. The van der Waals surface area contributed by atoms with Crippen molar-refractivity contribution >= 4 is 34.8 Å². The van der Waals surface area contributed by atoms with E-state index in [2.05, 4.69) is 10.3 Å². The number of thiazole rings is 1. The van der Waals surface area contributed by atoms with Crippen molar-refractivity contribution < 1.29 is 28.5 Å². The lowest BCUT2D eigenvalue weighted by molar-refractivity contribution is -0.137. The summed E-state index contributed by atoms with van der Waals surface area (Å²) in [4.78, 5) is 31.2. The van der Waals surface area contributed by atoms with E-state index in [4.69, 9.17) is 30.5 Å². The van der Waals surface area contributed by atoms with E-state index in [-0.39, 0.29) is 24.3 Å². The summed E-state index contributed by atoms with van der Waals surface area (Å²) < 4.78 is 21.2. The van der Waals surface area contributed by atoms with E-state index in [0.717, 1.165) is 17.8 Å². The van der Waals surface area contributed by atoms with E-state index in [1.807, 2.05) is 17.0 Å². The van der Waals surface area contributed by atoms with E-state index in [1.165, 1.54) is 11.3 Å². The zero-order valence-electron chi connectivity index (χ0n) is 19.9. The lowest BCUT2D eigenvalue weighted by Gasteiger charge is -2.31. The molecule has 35 heavy (non-hydrogen) atoms. The third kappa shape index (κ3) is 9.05. The number of methoxy groups -OCH3 is 1. The number of aromatic nitrogens is 1. The second-order valence-electron chi connectivity index (χ2n) is 7.92. The molecule has 9 nitrogen and oxygen atoms in total. The maximum absolute atomic E-state index is 12.4. The maximum atomic E-state index is 12.4. The van der Waals surface area contributed by atoms with Gasteiger partial charge in [-0.1, -0.05) is 23.7 Å². The molecule has 1 aliphatic rings. The molecule has 0 radical (unpaired) electrons. The van der Waals surface area contributed by atoms with Crippen LogP contribution in [0, 0.1) is 0 Å². The third-order valence-electron chi connectivity index (χ3n) is 5.46. The van der Waals surface area contributed by atoms with Crippen LogP contribution >= 0.6 is 22.9 Å². The predicted molar refractivity (Wildman–Crippen MR) is 133 cm³/mol. The van der Waals surface area contributed by atoms with Crippen molar-refractivity contribution in [2.24, 2.45) is 0 Å². The monoisotopic (exact) mass is 525 g/mol. The van der Waals surface area contributed by atoms with Gasteiger partial charge < -0.3 is 29.2 Å². The van der Waals surface area contributed by atoms with E-state index in [9.17, 15) is 9.59 Å². The molecule has 0 bridgehead atoms. The van der Waals surface area contributed by atoms with Crippen molar-refractivity contribution in [3.05, 3.63) is 45.4 Å². The van der Waals surface area contributed by atoms with Gasteiger partial charge in [-0.2, -0.15) is 0 Å². The summed E-state index contributed by atoms with van der Waals surface area (Å²) in [6.45, 7) is 3.88. The topological polar surface area (TPSA) is 99.2 Å². The second kappa shape index (κ2) is 15.0. The normalized spacial score (nSPS) is 14.2. The zero-order chi connectivity index (χ0) is 24.9. The number of hydrogen-bond acceptors (Lipinski definition) is 8. The number of benzene rings is 1. The average Bonchev–Trinajstić information content (AvgIpc) is 3.37. The Morgan fingerprint density at radius 2 is 1.86 bits per heavy atom. The number of para-hydroxylation sites is 1. The number of piperidine rings is 1. The average molecular weight is 526 g/mol. The van der Waals surface area contributed by atoms with Crippen LogP contribution in [0.4, 0.5) is 0 Å². The summed E-state index contributed by atoms with van der Waals surface area (Å²) in [5, 5.41) is 6.06. The van der Waals surface area contributed by atoms with Gasteiger partial charge in [0.25, 0.3) is 5.91 Å². The molecule has 11 heteroatoms. The molecule has 1 N–H and O–H groups in total. The number of rotatable bonds is 14. The van der Waals surface area contributed by atoms with Crippen LogP contribution in [0.15, 0.2) is 29.6 Å². The highest BCUT2D eigenvalue weighted by molar-refractivity contribution is 7.09. The first-order valence-electron chi connectivity index (χ1n) is 11.6. The number of carbonyl (C=O) groups is 2. The first-order chi connectivity index (χ1) is 17.1. The van der Waals surface area contributed by atoms with Crippen LogP contribution in [-0.2, 0) is 19.0 Å². The van der Waals surface area contributed by atoms with E-state index in [0.29, 0.717) is 69.1 Å². The molecule has 0 atom stereocenters. The molecule has 1 aromatic carbocycles. The minimum atomic E-state index is -0.230. The number of amides is 2. The van der Waals surface area contributed by atoms with Crippen LogP contribution in [0.2, 0.25) is 5.02 Å². The van der Waals surface area contributed by atoms with Gasteiger partial charge in [0.2, 0.25) is 5.91 Å². The summed E-state index contributed by atoms with van der Waals surface area (Å²) in [7, 11) is 1.62. The molecule has 2 amide bonds. The van der Waals surface area contributed by atoms with Crippen LogP contribution in [-0.4, -0.2) is 88.1 Å². The molecular formula is C24H32ClN3O6S. The summed E-state index contributed by atoms with van der Waals surface area (Å²) in [6.07, 6.45) is 1.62. The molecule has 192 valence electrons. The largest absolute Gasteiger partial charge is 0.490 e. The molecule has 2 aromatic rings. The third-order valence-corrected chi connectivity index (χ3v) is 6.78. The van der Waals surface area contributed by atoms with Gasteiger partial charge in [-0.3, -0.25) is 9.59 Å².